The van der Waals surface area contributed by atoms with Crippen LogP contribution in [0.2, 0.25) is 5.02 Å². The summed E-state index contributed by atoms with van der Waals surface area (Å²) in [6, 6.07) is 22.8. The summed E-state index contributed by atoms with van der Waals surface area (Å²) in [5, 5.41) is 0.619. The first-order chi connectivity index (χ1) is 12.4. The average molecular weight is 388 g/mol. The summed E-state index contributed by atoms with van der Waals surface area (Å²) < 4.78 is 32.5. The molecule has 0 atom stereocenters. The van der Waals surface area contributed by atoms with E-state index in [0.717, 1.165) is 5.56 Å². The van der Waals surface area contributed by atoms with Crippen molar-refractivity contribution in [2.24, 2.45) is 0 Å². The quantitative estimate of drug-likeness (QED) is 0.601. The van der Waals surface area contributed by atoms with Gasteiger partial charge in [0.25, 0.3) is 0 Å². The number of para-hydroxylation sites is 1. The lowest BCUT2D eigenvalue weighted by atomic mass is 10.2. The SMILES string of the molecule is CN(Cc1ccc(Cl)cc1)S(=O)(=O)c1ccc(Oc2ccccc2)cc1. The molecule has 26 heavy (non-hydrogen) atoms. The smallest absolute Gasteiger partial charge is 0.243 e. The molecule has 0 bridgehead atoms. The monoisotopic (exact) mass is 387 g/mol. The molecule has 3 aromatic carbocycles. The Morgan fingerprint density at radius 2 is 1.42 bits per heavy atom. The fourth-order valence-electron chi connectivity index (χ4n) is 2.42. The van der Waals surface area contributed by atoms with E-state index in [1.807, 2.05) is 42.5 Å². The summed E-state index contributed by atoms with van der Waals surface area (Å²) in [4.78, 5) is 0.217. The van der Waals surface area contributed by atoms with Gasteiger partial charge in [-0.2, -0.15) is 4.31 Å². The van der Waals surface area contributed by atoms with Crippen molar-refractivity contribution in [2.45, 2.75) is 11.4 Å². The highest BCUT2D eigenvalue weighted by Gasteiger charge is 2.21. The Balaban J connectivity index is 1.73. The van der Waals surface area contributed by atoms with E-state index in [-0.39, 0.29) is 11.4 Å². The lowest BCUT2D eigenvalue weighted by Gasteiger charge is -2.17. The Kier molecular flexibility index (Phi) is 5.61. The molecule has 0 radical (unpaired) electrons. The lowest BCUT2D eigenvalue weighted by molar-refractivity contribution is 0.465. The number of ether oxygens (including phenoxy) is 1. The van der Waals surface area contributed by atoms with E-state index in [0.29, 0.717) is 16.5 Å². The van der Waals surface area contributed by atoms with Crippen LogP contribution < -0.4 is 4.74 Å². The van der Waals surface area contributed by atoms with Gasteiger partial charge < -0.3 is 4.74 Å². The molecule has 0 aliphatic rings. The molecule has 0 N–H and O–H groups in total. The molecule has 0 spiro atoms. The van der Waals surface area contributed by atoms with Crippen molar-refractivity contribution in [3.8, 4) is 11.5 Å². The Morgan fingerprint density at radius 3 is 2.04 bits per heavy atom. The van der Waals surface area contributed by atoms with Crippen molar-refractivity contribution >= 4 is 21.6 Å². The molecule has 0 aromatic heterocycles. The van der Waals surface area contributed by atoms with E-state index in [9.17, 15) is 8.42 Å². The van der Waals surface area contributed by atoms with Crippen molar-refractivity contribution in [2.75, 3.05) is 7.05 Å². The van der Waals surface area contributed by atoms with Crippen LogP contribution in [0.4, 0.5) is 0 Å². The number of sulfonamides is 1. The predicted molar refractivity (Wildman–Crippen MR) is 103 cm³/mol. The second kappa shape index (κ2) is 7.91. The normalized spacial score (nSPS) is 11.5. The molecule has 0 saturated carbocycles. The average Bonchev–Trinajstić information content (AvgIpc) is 2.65. The van der Waals surface area contributed by atoms with Gasteiger partial charge in [0.05, 0.1) is 4.90 Å². The van der Waals surface area contributed by atoms with Crippen LogP contribution in [0.25, 0.3) is 0 Å². The topological polar surface area (TPSA) is 46.6 Å². The highest BCUT2D eigenvalue weighted by Crippen LogP contribution is 2.24. The Hall–Kier alpha value is -2.34. The van der Waals surface area contributed by atoms with Gasteiger partial charge in [0.15, 0.2) is 0 Å². The molecule has 0 aliphatic heterocycles. The maximum atomic E-state index is 12.7. The zero-order valence-electron chi connectivity index (χ0n) is 14.2. The minimum absolute atomic E-state index is 0.217. The second-order valence-corrected chi connectivity index (χ2v) is 8.26. The summed E-state index contributed by atoms with van der Waals surface area (Å²) in [5.74, 6) is 1.28. The first kappa shape index (κ1) is 18.5. The molecule has 6 heteroatoms. The van der Waals surface area contributed by atoms with Crippen LogP contribution in [0.15, 0.2) is 83.8 Å². The maximum absolute atomic E-state index is 12.7. The van der Waals surface area contributed by atoms with Gasteiger partial charge in [0.2, 0.25) is 10.0 Å². The maximum Gasteiger partial charge on any atom is 0.243 e. The first-order valence-electron chi connectivity index (χ1n) is 7.99. The Labute approximate surface area is 158 Å². The minimum Gasteiger partial charge on any atom is -0.457 e. The van der Waals surface area contributed by atoms with Gasteiger partial charge in [-0.3, -0.25) is 0 Å². The van der Waals surface area contributed by atoms with Gasteiger partial charge in [-0.05, 0) is 54.1 Å². The molecule has 3 aromatic rings. The van der Waals surface area contributed by atoms with Crippen molar-refractivity contribution in [1.82, 2.24) is 4.31 Å². The third-order valence-corrected chi connectivity index (χ3v) is 5.90. The van der Waals surface area contributed by atoms with E-state index < -0.39 is 10.0 Å². The fraction of sp³-hybridized carbons (Fsp3) is 0.100. The standard InChI is InChI=1S/C20H18ClNO3S/c1-22(15-16-7-9-17(21)10-8-16)26(23,24)20-13-11-19(12-14-20)25-18-5-3-2-4-6-18/h2-14H,15H2,1H3. The number of nitrogens with zero attached hydrogens (tertiary/aromatic N) is 1. The minimum atomic E-state index is -3.59. The van der Waals surface area contributed by atoms with Crippen molar-refractivity contribution < 1.29 is 13.2 Å². The molecule has 134 valence electrons. The molecule has 4 nitrogen and oxygen atoms in total. The summed E-state index contributed by atoms with van der Waals surface area (Å²) in [7, 11) is -2.04. The van der Waals surface area contributed by atoms with Crippen LogP contribution in [0.5, 0.6) is 11.5 Å². The van der Waals surface area contributed by atoms with E-state index in [1.165, 1.54) is 4.31 Å². The molecule has 0 aliphatic carbocycles. The summed E-state index contributed by atoms with van der Waals surface area (Å²) in [5.41, 5.74) is 0.865. The molecule has 0 heterocycles. The Morgan fingerprint density at radius 1 is 0.846 bits per heavy atom. The van der Waals surface area contributed by atoms with Gasteiger partial charge in [-0.15, -0.1) is 0 Å². The van der Waals surface area contributed by atoms with Gasteiger partial charge >= 0.3 is 0 Å². The number of hydrogen-bond acceptors (Lipinski definition) is 3. The number of benzene rings is 3. The first-order valence-corrected chi connectivity index (χ1v) is 9.81. The van der Waals surface area contributed by atoms with Gasteiger partial charge in [-0.25, -0.2) is 8.42 Å². The molecule has 0 saturated heterocycles. The predicted octanol–water partition coefficient (Wildman–Crippen LogP) is 4.95. The van der Waals surface area contributed by atoms with Crippen LogP contribution in [-0.4, -0.2) is 19.8 Å². The van der Waals surface area contributed by atoms with Gasteiger partial charge in [0, 0.05) is 18.6 Å². The summed E-state index contributed by atoms with van der Waals surface area (Å²) in [6.07, 6.45) is 0. The van der Waals surface area contributed by atoms with Crippen molar-refractivity contribution in [3.05, 3.63) is 89.4 Å². The molecule has 0 amide bonds. The van der Waals surface area contributed by atoms with Crippen LogP contribution in [0.3, 0.4) is 0 Å². The Bertz CT molecular complexity index is 956. The molecular weight excluding hydrogens is 370 g/mol. The highest BCUT2D eigenvalue weighted by atomic mass is 35.5. The third-order valence-electron chi connectivity index (χ3n) is 3.83. The second-order valence-electron chi connectivity index (χ2n) is 5.77. The van der Waals surface area contributed by atoms with E-state index in [2.05, 4.69) is 0 Å². The van der Waals surface area contributed by atoms with E-state index in [4.69, 9.17) is 16.3 Å². The van der Waals surface area contributed by atoms with Gasteiger partial charge in [-0.1, -0.05) is 41.9 Å². The zero-order valence-corrected chi connectivity index (χ0v) is 15.7. The number of halogens is 1. The molecular formula is C20H18ClNO3S. The molecule has 3 rings (SSSR count). The van der Waals surface area contributed by atoms with E-state index in [1.54, 1.807) is 43.4 Å². The molecule has 0 unspecified atom stereocenters. The number of rotatable bonds is 6. The van der Waals surface area contributed by atoms with Crippen LogP contribution in [0.1, 0.15) is 5.56 Å². The van der Waals surface area contributed by atoms with Crippen LogP contribution in [-0.2, 0) is 16.6 Å². The van der Waals surface area contributed by atoms with Crippen molar-refractivity contribution in [1.29, 1.82) is 0 Å². The van der Waals surface area contributed by atoms with Crippen LogP contribution >= 0.6 is 11.6 Å². The molecule has 0 fully saturated rings. The van der Waals surface area contributed by atoms with Gasteiger partial charge in [0.1, 0.15) is 11.5 Å². The van der Waals surface area contributed by atoms with Crippen molar-refractivity contribution in [3.63, 3.8) is 0 Å². The zero-order chi connectivity index (χ0) is 18.6. The highest BCUT2D eigenvalue weighted by molar-refractivity contribution is 7.89. The summed E-state index contributed by atoms with van der Waals surface area (Å²) in [6.45, 7) is 0.266. The largest absolute Gasteiger partial charge is 0.457 e. The van der Waals surface area contributed by atoms with E-state index >= 15 is 0 Å². The fourth-order valence-corrected chi connectivity index (χ4v) is 3.70. The lowest BCUT2D eigenvalue weighted by Crippen LogP contribution is -2.26. The third kappa shape index (κ3) is 4.43. The van der Waals surface area contributed by atoms with Crippen LogP contribution in [0, 0.1) is 0 Å². The summed E-state index contributed by atoms with van der Waals surface area (Å²) >= 11 is 5.86. The number of hydrogen-bond donors (Lipinski definition) is 0.